The molecule has 8 heteroatoms. The molecule has 4 rings (SSSR count). The van der Waals surface area contributed by atoms with Crippen molar-refractivity contribution in [3.63, 3.8) is 0 Å². The molecular formula is C23H28ClN5O2. The molecule has 1 amide bonds. The van der Waals surface area contributed by atoms with Crippen LogP contribution in [0.1, 0.15) is 56.2 Å². The fourth-order valence-corrected chi connectivity index (χ4v) is 4.74. The third-order valence-electron chi connectivity index (χ3n) is 6.16. The van der Waals surface area contributed by atoms with Crippen LogP contribution in [0, 0.1) is 12.8 Å². The van der Waals surface area contributed by atoms with Gasteiger partial charge in [0.05, 0.1) is 5.69 Å². The summed E-state index contributed by atoms with van der Waals surface area (Å²) >= 11 is 6.46. The number of hydrogen-bond acceptors (Lipinski definition) is 6. The minimum Gasteiger partial charge on any atom is -0.399 e. The van der Waals surface area contributed by atoms with Crippen molar-refractivity contribution in [1.82, 2.24) is 9.97 Å². The molecule has 1 fully saturated rings. The molecule has 1 aromatic carbocycles. The first-order valence-electron chi connectivity index (χ1n) is 10.9. The van der Waals surface area contributed by atoms with Crippen molar-refractivity contribution >= 4 is 46.3 Å². The zero-order valence-electron chi connectivity index (χ0n) is 17.8. The summed E-state index contributed by atoms with van der Waals surface area (Å²) in [6.45, 7) is 2.60. The molecular weight excluding hydrogens is 414 g/mol. The number of amides is 1. The highest BCUT2D eigenvalue weighted by Crippen LogP contribution is 2.35. The number of carbonyl (C=O) groups excluding carboxylic acids is 2. The minimum absolute atomic E-state index is 0.00269. The summed E-state index contributed by atoms with van der Waals surface area (Å²) in [7, 11) is 0. The summed E-state index contributed by atoms with van der Waals surface area (Å²) < 4.78 is 0. The normalized spacial score (nSPS) is 18.6. The summed E-state index contributed by atoms with van der Waals surface area (Å²) in [6.07, 6.45) is 6.34. The Morgan fingerprint density at radius 2 is 2.10 bits per heavy atom. The molecule has 1 saturated carbocycles. The number of rotatable bonds is 5. The van der Waals surface area contributed by atoms with Crippen LogP contribution in [-0.4, -0.2) is 28.2 Å². The van der Waals surface area contributed by atoms with E-state index in [9.17, 15) is 9.59 Å². The molecule has 2 aliphatic rings. The molecule has 2 heterocycles. The van der Waals surface area contributed by atoms with E-state index in [1.54, 1.807) is 0 Å². The summed E-state index contributed by atoms with van der Waals surface area (Å²) in [4.78, 5) is 35.6. The van der Waals surface area contributed by atoms with Gasteiger partial charge in [-0.25, -0.2) is 4.98 Å². The third kappa shape index (κ3) is 4.82. The lowest BCUT2D eigenvalue weighted by Crippen LogP contribution is -2.27. The summed E-state index contributed by atoms with van der Waals surface area (Å²) in [5.74, 6) is 0.630. The fraction of sp³-hybridized carbons (Fsp3) is 0.478. The molecule has 1 aromatic heterocycles. The smallest absolute Gasteiger partial charge is 0.231 e. The highest BCUT2D eigenvalue weighted by Gasteiger charge is 2.25. The van der Waals surface area contributed by atoms with Gasteiger partial charge < -0.3 is 16.0 Å². The molecule has 1 aliphatic carbocycles. The number of nitrogen functional groups attached to an aromatic ring is 1. The van der Waals surface area contributed by atoms with Crippen LogP contribution < -0.4 is 16.0 Å². The molecule has 1 aliphatic heterocycles. The van der Waals surface area contributed by atoms with Gasteiger partial charge in [0.15, 0.2) is 5.15 Å². The molecule has 7 nitrogen and oxygen atoms in total. The molecule has 1 atom stereocenters. The molecule has 3 N–H and O–H groups in total. The van der Waals surface area contributed by atoms with E-state index in [-0.39, 0.29) is 29.2 Å². The Morgan fingerprint density at radius 3 is 2.87 bits per heavy atom. The van der Waals surface area contributed by atoms with Crippen molar-refractivity contribution in [2.75, 3.05) is 22.5 Å². The maximum Gasteiger partial charge on any atom is 0.231 e. The molecule has 0 saturated heterocycles. The van der Waals surface area contributed by atoms with Gasteiger partial charge >= 0.3 is 0 Å². The molecule has 31 heavy (non-hydrogen) atoms. The molecule has 164 valence electrons. The van der Waals surface area contributed by atoms with Crippen LogP contribution in [0.3, 0.4) is 0 Å². The van der Waals surface area contributed by atoms with Gasteiger partial charge in [0, 0.05) is 36.7 Å². The number of hydrogen-bond donors (Lipinski definition) is 2. The second-order valence-electron chi connectivity index (χ2n) is 8.41. The second kappa shape index (κ2) is 9.22. The zero-order chi connectivity index (χ0) is 22.0. The number of Topliss-reactive ketones (excluding diaryl/α,β-unsaturated/α-hetero) is 1. The van der Waals surface area contributed by atoms with Gasteiger partial charge in [-0.1, -0.05) is 18.0 Å². The average molecular weight is 442 g/mol. The van der Waals surface area contributed by atoms with E-state index in [1.165, 1.54) is 5.56 Å². The first kappa shape index (κ1) is 21.6. The molecule has 2 aromatic rings. The van der Waals surface area contributed by atoms with Crippen LogP contribution >= 0.6 is 11.6 Å². The lowest BCUT2D eigenvalue weighted by atomic mass is 9.85. The minimum atomic E-state index is -0.168. The molecule has 1 unspecified atom stereocenters. The topological polar surface area (TPSA) is 101 Å². The van der Waals surface area contributed by atoms with Crippen molar-refractivity contribution in [1.29, 1.82) is 0 Å². The molecule has 0 radical (unpaired) electrons. The number of carbonyl (C=O) groups is 2. The van der Waals surface area contributed by atoms with Crippen LogP contribution in [0.25, 0.3) is 0 Å². The quantitative estimate of drug-likeness (QED) is 0.520. The van der Waals surface area contributed by atoms with Crippen molar-refractivity contribution in [2.45, 2.75) is 58.3 Å². The number of aromatic nitrogens is 2. The van der Waals surface area contributed by atoms with Gasteiger partial charge in [-0.05, 0) is 62.8 Å². The van der Waals surface area contributed by atoms with E-state index in [0.717, 1.165) is 50.0 Å². The number of ketones is 1. The van der Waals surface area contributed by atoms with Gasteiger partial charge in [0.2, 0.25) is 11.9 Å². The van der Waals surface area contributed by atoms with Gasteiger partial charge in [-0.2, -0.15) is 4.98 Å². The molecule has 0 spiro atoms. The number of aryl methyl sites for hydroxylation is 2. The Labute approximate surface area is 187 Å². The van der Waals surface area contributed by atoms with Crippen molar-refractivity contribution in [2.24, 2.45) is 5.92 Å². The lowest BCUT2D eigenvalue weighted by molar-refractivity contribution is -0.125. The first-order valence-corrected chi connectivity index (χ1v) is 11.3. The summed E-state index contributed by atoms with van der Waals surface area (Å²) in [5.41, 5.74) is 9.91. The van der Waals surface area contributed by atoms with Gasteiger partial charge in [-0.3, -0.25) is 9.59 Å². The third-order valence-corrected chi connectivity index (χ3v) is 6.44. The van der Waals surface area contributed by atoms with E-state index in [2.05, 4.69) is 15.3 Å². The highest BCUT2D eigenvalue weighted by atomic mass is 35.5. The number of nitrogens with two attached hydrogens (primary N) is 1. The fourth-order valence-electron chi connectivity index (χ4n) is 4.48. The standard InChI is InChI=1S/C23H28ClN5O2/c1-14-21(27-20(31)11-8-15-5-2-3-7-19(15)30)22(24)28-23(26-14)29-12-4-6-16-13-17(25)9-10-18(16)29/h9-10,13,15H,2-8,11-12,25H2,1H3,(H,27,31). The van der Waals surface area contributed by atoms with Gasteiger partial charge in [-0.15, -0.1) is 0 Å². The van der Waals surface area contributed by atoms with Crippen LogP contribution in [0.4, 0.5) is 23.0 Å². The number of nitrogens with one attached hydrogen (secondary N) is 1. The predicted molar refractivity (Wildman–Crippen MR) is 123 cm³/mol. The first-order chi connectivity index (χ1) is 14.9. The SMILES string of the molecule is Cc1nc(N2CCCc3cc(N)ccc32)nc(Cl)c1NC(=O)CCC1CCCCC1=O. The number of halogens is 1. The van der Waals surface area contributed by atoms with Crippen LogP contribution in [0.5, 0.6) is 0 Å². The molecule has 0 bridgehead atoms. The van der Waals surface area contributed by atoms with Crippen LogP contribution in [-0.2, 0) is 16.0 Å². The number of benzene rings is 1. The van der Waals surface area contributed by atoms with E-state index >= 15 is 0 Å². The van der Waals surface area contributed by atoms with Crippen LogP contribution in [0.2, 0.25) is 5.15 Å². The van der Waals surface area contributed by atoms with E-state index in [1.807, 2.05) is 30.0 Å². The second-order valence-corrected chi connectivity index (χ2v) is 8.77. The van der Waals surface area contributed by atoms with E-state index < -0.39 is 0 Å². The Hall–Kier alpha value is -2.67. The Morgan fingerprint density at radius 1 is 1.26 bits per heavy atom. The Kier molecular flexibility index (Phi) is 6.41. The van der Waals surface area contributed by atoms with Gasteiger partial charge in [0.25, 0.3) is 0 Å². The van der Waals surface area contributed by atoms with E-state index in [0.29, 0.717) is 30.2 Å². The Balaban J connectivity index is 1.47. The maximum atomic E-state index is 12.5. The van der Waals surface area contributed by atoms with Crippen molar-refractivity contribution < 1.29 is 9.59 Å². The highest BCUT2D eigenvalue weighted by molar-refractivity contribution is 6.32. The average Bonchev–Trinajstić information content (AvgIpc) is 2.75. The largest absolute Gasteiger partial charge is 0.399 e. The van der Waals surface area contributed by atoms with E-state index in [4.69, 9.17) is 17.3 Å². The lowest BCUT2D eigenvalue weighted by Gasteiger charge is -2.30. The number of nitrogens with zero attached hydrogens (tertiary/aromatic N) is 3. The van der Waals surface area contributed by atoms with Crippen molar-refractivity contribution in [3.8, 4) is 0 Å². The van der Waals surface area contributed by atoms with Gasteiger partial charge in [0.1, 0.15) is 11.5 Å². The summed E-state index contributed by atoms with van der Waals surface area (Å²) in [5, 5.41) is 3.06. The monoisotopic (exact) mass is 441 g/mol. The number of anilines is 4. The maximum absolute atomic E-state index is 12.5. The van der Waals surface area contributed by atoms with Crippen molar-refractivity contribution in [3.05, 3.63) is 34.6 Å². The van der Waals surface area contributed by atoms with Crippen LogP contribution in [0.15, 0.2) is 18.2 Å². The Bertz CT molecular complexity index is 986. The zero-order valence-corrected chi connectivity index (χ0v) is 18.5. The summed E-state index contributed by atoms with van der Waals surface area (Å²) in [6, 6.07) is 5.84. The predicted octanol–water partition coefficient (Wildman–Crippen LogP) is 4.58. The number of fused-ring (bicyclic) bond motifs is 1.